The summed E-state index contributed by atoms with van der Waals surface area (Å²) in [6.45, 7) is 2.25. The first-order valence-electron chi connectivity index (χ1n) is 11.8. The summed E-state index contributed by atoms with van der Waals surface area (Å²) in [4.78, 5) is 57.7. The molecule has 0 radical (unpaired) electrons. The summed E-state index contributed by atoms with van der Waals surface area (Å²) in [7, 11) is 0. The average Bonchev–Trinajstić information content (AvgIpc) is 3.17. The number of carbonyl (C=O) groups excluding carboxylic acids is 2. The number of fused-ring (bicyclic) bond motifs is 4. The van der Waals surface area contributed by atoms with Gasteiger partial charge >= 0.3 is 11.9 Å². The van der Waals surface area contributed by atoms with Gasteiger partial charge in [0.05, 0.1) is 5.71 Å². The molecule has 0 aromatic heterocycles. The van der Waals surface area contributed by atoms with E-state index in [9.17, 15) is 24.3 Å². The fourth-order valence-electron chi connectivity index (χ4n) is 4.95. The third kappa shape index (κ3) is 4.65. The van der Waals surface area contributed by atoms with Crippen LogP contribution in [-0.4, -0.2) is 56.5 Å². The van der Waals surface area contributed by atoms with Gasteiger partial charge in [-0.25, -0.2) is 9.79 Å². The number of rotatable bonds is 8. The first-order chi connectivity index (χ1) is 17.7. The quantitative estimate of drug-likeness (QED) is 0.504. The SMILES string of the molecule is CC1=NC(=O)C2C(=N1)C=Cc1ccc(CNc3ccc4c(c3)CN([C@@H](CCC(=O)O)C(=O)O)C4=O)cc12. The van der Waals surface area contributed by atoms with Crippen LogP contribution in [0.2, 0.25) is 0 Å². The highest BCUT2D eigenvalue weighted by atomic mass is 16.4. The lowest BCUT2D eigenvalue weighted by Crippen LogP contribution is -2.41. The van der Waals surface area contributed by atoms with Crippen LogP contribution in [0.3, 0.4) is 0 Å². The second-order valence-electron chi connectivity index (χ2n) is 9.21. The smallest absolute Gasteiger partial charge is 0.326 e. The van der Waals surface area contributed by atoms with Gasteiger partial charge in [-0.3, -0.25) is 14.4 Å². The second-order valence-corrected chi connectivity index (χ2v) is 9.21. The Hall–Kier alpha value is -4.60. The summed E-state index contributed by atoms with van der Waals surface area (Å²) in [6, 6.07) is 9.90. The van der Waals surface area contributed by atoms with Crippen molar-refractivity contribution >= 4 is 47.1 Å². The zero-order valence-electron chi connectivity index (χ0n) is 20.0. The van der Waals surface area contributed by atoms with Crippen LogP contribution in [0.5, 0.6) is 0 Å². The molecular weight excluding hydrogens is 476 g/mol. The van der Waals surface area contributed by atoms with Gasteiger partial charge in [-0.1, -0.05) is 24.3 Å². The van der Waals surface area contributed by atoms with Gasteiger partial charge in [-0.05, 0) is 59.9 Å². The molecule has 2 amide bonds. The summed E-state index contributed by atoms with van der Waals surface area (Å²) in [5.74, 6) is -3.05. The van der Waals surface area contributed by atoms with Gasteiger partial charge in [0.15, 0.2) is 0 Å². The number of carboxylic acids is 2. The van der Waals surface area contributed by atoms with Crippen molar-refractivity contribution in [3.05, 3.63) is 70.3 Å². The summed E-state index contributed by atoms with van der Waals surface area (Å²) in [6.07, 6.45) is 3.29. The molecule has 0 spiro atoms. The second kappa shape index (κ2) is 9.45. The molecular formula is C27H24N4O6. The first kappa shape index (κ1) is 24.1. The number of hydrogen-bond acceptors (Lipinski definition) is 6. The van der Waals surface area contributed by atoms with Crippen LogP contribution in [-0.2, 0) is 27.5 Å². The van der Waals surface area contributed by atoms with E-state index in [1.807, 2.05) is 30.4 Å². The molecule has 2 heterocycles. The molecule has 2 atom stereocenters. The fraction of sp³-hybridized carbons (Fsp3) is 0.259. The molecule has 1 unspecified atom stereocenters. The zero-order chi connectivity index (χ0) is 26.3. The van der Waals surface area contributed by atoms with Gasteiger partial charge in [0.2, 0.25) is 0 Å². The van der Waals surface area contributed by atoms with E-state index >= 15 is 0 Å². The Morgan fingerprint density at radius 3 is 2.68 bits per heavy atom. The predicted molar refractivity (Wildman–Crippen MR) is 136 cm³/mol. The molecule has 10 heteroatoms. The Morgan fingerprint density at radius 2 is 1.92 bits per heavy atom. The van der Waals surface area contributed by atoms with Crippen molar-refractivity contribution in [2.75, 3.05) is 5.32 Å². The molecule has 3 N–H and O–H groups in total. The van der Waals surface area contributed by atoms with Crippen LogP contribution < -0.4 is 5.32 Å². The molecule has 2 aromatic rings. The number of aliphatic carboxylic acids is 2. The Balaban J connectivity index is 1.30. The fourth-order valence-corrected chi connectivity index (χ4v) is 4.95. The summed E-state index contributed by atoms with van der Waals surface area (Å²) in [5, 5.41) is 21.8. The van der Waals surface area contributed by atoms with Crippen molar-refractivity contribution in [3.8, 4) is 0 Å². The van der Waals surface area contributed by atoms with Crippen LogP contribution in [0.25, 0.3) is 6.08 Å². The van der Waals surface area contributed by atoms with Crippen molar-refractivity contribution < 1.29 is 29.4 Å². The van der Waals surface area contributed by atoms with Crippen molar-refractivity contribution in [2.24, 2.45) is 9.98 Å². The number of benzene rings is 2. The summed E-state index contributed by atoms with van der Waals surface area (Å²) < 4.78 is 0. The zero-order valence-corrected chi connectivity index (χ0v) is 20.0. The number of amides is 2. The van der Waals surface area contributed by atoms with E-state index in [4.69, 9.17) is 5.11 Å². The van der Waals surface area contributed by atoms with E-state index in [1.54, 1.807) is 25.1 Å². The molecule has 3 aliphatic rings. The number of allylic oxidation sites excluding steroid dienone is 1. The Kier molecular flexibility index (Phi) is 6.16. The normalized spacial score (nSPS) is 18.4. The van der Waals surface area contributed by atoms with Gasteiger partial charge in [0, 0.05) is 30.8 Å². The predicted octanol–water partition coefficient (Wildman–Crippen LogP) is 3.08. The van der Waals surface area contributed by atoms with E-state index in [1.165, 1.54) is 4.90 Å². The number of amidine groups is 1. The van der Waals surface area contributed by atoms with Gasteiger partial charge in [0.1, 0.15) is 17.8 Å². The molecule has 5 rings (SSSR count). The molecule has 0 fully saturated rings. The molecule has 0 saturated carbocycles. The third-order valence-corrected chi connectivity index (χ3v) is 6.73. The monoisotopic (exact) mass is 500 g/mol. The minimum absolute atomic E-state index is 0.0945. The Morgan fingerprint density at radius 1 is 1.11 bits per heavy atom. The maximum absolute atomic E-state index is 12.8. The lowest BCUT2D eigenvalue weighted by atomic mass is 9.83. The Bertz CT molecular complexity index is 1440. The number of carboxylic acid groups (broad SMARTS) is 2. The van der Waals surface area contributed by atoms with Crippen LogP contribution in [0.1, 0.15) is 58.3 Å². The minimum Gasteiger partial charge on any atom is -0.481 e. The van der Waals surface area contributed by atoms with Crippen LogP contribution in [0, 0.1) is 0 Å². The van der Waals surface area contributed by atoms with Crippen molar-refractivity contribution in [2.45, 2.75) is 44.8 Å². The van der Waals surface area contributed by atoms with E-state index in [0.29, 0.717) is 29.2 Å². The standard InChI is InChI=1S/C27H24N4O6/c1-14-29-21-7-4-16-3-2-15(10-20(16)24(21)25(34)30-14)12-28-18-5-6-19-17(11-18)13-31(26(19)35)22(27(36)37)8-9-23(32)33/h2-7,10-11,22,24,28H,8-9,12-13H2,1H3,(H,32,33)(H,36,37)/t22-,24?/m0/s1. The third-order valence-electron chi connectivity index (χ3n) is 6.73. The molecule has 188 valence electrons. The van der Waals surface area contributed by atoms with Crippen LogP contribution in [0.15, 0.2) is 52.5 Å². The van der Waals surface area contributed by atoms with Gasteiger partial charge in [-0.15, -0.1) is 0 Å². The molecule has 0 saturated heterocycles. The number of hydrogen-bond donors (Lipinski definition) is 3. The van der Waals surface area contributed by atoms with Gasteiger partial charge in [0.25, 0.3) is 11.8 Å². The van der Waals surface area contributed by atoms with Crippen molar-refractivity contribution in [1.29, 1.82) is 0 Å². The highest BCUT2D eigenvalue weighted by molar-refractivity contribution is 6.25. The van der Waals surface area contributed by atoms with Gasteiger partial charge < -0.3 is 20.4 Å². The largest absolute Gasteiger partial charge is 0.481 e. The number of anilines is 1. The minimum atomic E-state index is -1.23. The molecule has 37 heavy (non-hydrogen) atoms. The number of aliphatic imine (C=N–C) groups is 2. The highest BCUT2D eigenvalue weighted by Crippen LogP contribution is 2.33. The van der Waals surface area contributed by atoms with E-state index in [2.05, 4.69) is 15.3 Å². The number of nitrogens with zero attached hydrogens (tertiary/aromatic N) is 3. The van der Waals surface area contributed by atoms with Gasteiger partial charge in [-0.2, -0.15) is 4.99 Å². The van der Waals surface area contributed by atoms with Crippen LogP contribution >= 0.6 is 0 Å². The molecule has 2 aromatic carbocycles. The van der Waals surface area contributed by atoms with E-state index in [-0.39, 0.29) is 25.3 Å². The molecule has 0 bridgehead atoms. The highest BCUT2D eigenvalue weighted by Gasteiger charge is 2.37. The number of nitrogens with one attached hydrogen (secondary N) is 1. The maximum atomic E-state index is 12.8. The van der Waals surface area contributed by atoms with E-state index < -0.39 is 29.8 Å². The summed E-state index contributed by atoms with van der Waals surface area (Å²) >= 11 is 0. The van der Waals surface area contributed by atoms with E-state index in [0.717, 1.165) is 22.4 Å². The Labute approximate surface area is 212 Å². The molecule has 2 aliphatic heterocycles. The lowest BCUT2D eigenvalue weighted by Gasteiger charge is -2.24. The molecule has 1 aliphatic carbocycles. The maximum Gasteiger partial charge on any atom is 0.326 e. The number of carbonyl (C=O) groups is 4. The molecule has 10 nitrogen and oxygen atoms in total. The topological polar surface area (TPSA) is 149 Å². The van der Waals surface area contributed by atoms with Crippen LogP contribution in [0.4, 0.5) is 5.69 Å². The summed E-state index contributed by atoms with van der Waals surface area (Å²) in [5.41, 5.74) is 5.28. The average molecular weight is 501 g/mol. The van der Waals surface area contributed by atoms with Crippen molar-refractivity contribution in [1.82, 2.24) is 4.90 Å². The van der Waals surface area contributed by atoms with Crippen molar-refractivity contribution in [3.63, 3.8) is 0 Å². The lowest BCUT2D eigenvalue weighted by molar-refractivity contribution is -0.143. The first-order valence-corrected chi connectivity index (χ1v) is 11.8.